The van der Waals surface area contributed by atoms with Gasteiger partial charge in [-0.15, -0.1) is 0 Å². The topological polar surface area (TPSA) is 68.4 Å². The Morgan fingerprint density at radius 1 is 1.18 bits per heavy atom. The highest BCUT2D eigenvalue weighted by Crippen LogP contribution is 2.37. The average molecular weight is 414 g/mol. The van der Waals surface area contributed by atoms with E-state index in [1.54, 1.807) is 17.0 Å². The van der Waals surface area contributed by atoms with Crippen LogP contribution in [0.3, 0.4) is 0 Å². The van der Waals surface area contributed by atoms with Crippen molar-refractivity contribution in [2.75, 3.05) is 0 Å². The summed E-state index contributed by atoms with van der Waals surface area (Å²) in [5.41, 5.74) is 1.48. The molecule has 1 saturated heterocycles. The van der Waals surface area contributed by atoms with Crippen LogP contribution in [0, 0.1) is 10.1 Å². The lowest BCUT2D eigenvalue weighted by molar-refractivity contribution is -0.384. The first kappa shape index (κ1) is 18.9. The minimum absolute atomic E-state index is 0.0285. The average Bonchev–Trinajstić information content (AvgIpc) is 3.27. The first-order valence-electron chi connectivity index (χ1n) is 9.24. The summed E-state index contributed by atoms with van der Waals surface area (Å²) in [5, 5.41) is 11.1. The van der Waals surface area contributed by atoms with Gasteiger partial charge in [0, 0.05) is 30.1 Å². The zero-order valence-electron chi connectivity index (χ0n) is 15.1. The van der Waals surface area contributed by atoms with Gasteiger partial charge >= 0.3 is 0 Å². The minimum Gasteiger partial charge on any atom is -0.317 e. The molecule has 1 amide bonds. The molecular formula is C20H19N3O3S2. The Hall–Kier alpha value is -2.45. The summed E-state index contributed by atoms with van der Waals surface area (Å²) in [5.74, 6) is -0.0336. The van der Waals surface area contributed by atoms with Crippen molar-refractivity contribution in [1.29, 1.82) is 0 Å². The zero-order chi connectivity index (χ0) is 19.7. The Morgan fingerprint density at radius 2 is 1.96 bits per heavy atom. The highest BCUT2D eigenvalue weighted by atomic mass is 32.2. The lowest BCUT2D eigenvalue weighted by Gasteiger charge is -2.29. The maximum absolute atomic E-state index is 13.0. The maximum atomic E-state index is 13.0. The molecule has 8 heteroatoms. The number of nitro benzene ring substituents is 1. The minimum atomic E-state index is -0.415. The molecule has 2 fully saturated rings. The van der Waals surface area contributed by atoms with E-state index in [2.05, 4.69) is 0 Å². The van der Waals surface area contributed by atoms with Crippen molar-refractivity contribution in [1.82, 2.24) is 9.47 Å². The molecule has 144 valence electrons. The van der Waals surface area contributed by atoms with Crippen molar-refractivity contribution in [3.63, 3.8) is 0 Å². The Bertz CT molecular complexity index is 977. The third kappa shape index (κ3) is 3.62. The van der Waals surface area contributed by atoms with E-state index in [0.717, 1.165) is 31.4 Å². The largest absolute Gasteiger partial charge is 0.317 e. The molecule has 2 aliphatic rings. The number of hydrogen-bond donors (Lipinski definition) is 0. The number of amides is 1. The van der Waals surface area contributed by atoms with Crippen molar-refractivity contribution in [2.24, 2.45) is 0 Å². The summed E-state index contributed by atoms with van der Waals surface area (Å²) in [6, 6.07) is 10.4. The van der Waals surface area contributed by atoms with Crippen LogP contribution in [0.25, 0.3) is 11.8 Å². The zero-order valence-corrected chi connectivity index (χ0v) is 16.7. The normalized spacial score (nSPS) is 19.6. The van der Waals surface area contributed by atoms with Crippen molar-refractivity contribution in [2.45, 2.75) is 38.1 Å². The van der Waals surface area contributed by atoms with Gasteiger partial charge in [0.05, 0.1) is 15.5 Å². The third-order valence-electron chi connectivity index (χ3n) is 5.14. The Kier molecular flexibility index (Phi) is 5.32. The molecule has 0 spiro atoms. The predicted octanol–water partition coefficient (Wildman–Crippen LogP) is 4.92. The quantitative estimate of drug-likeness (QED) is 0.308. The highest BCUT2D eigenvalue weighted by Gasteiger charge is 2.37. The van der Waals surface area contributed by atoms with E-state index < -0.39 is 4.92 Å². The fourth-order valence-electron chi connectivity index (χ4n) is 3.77. The molecule has 1 aliphatic carbocycles. The van der Waals surface area contributed by atoms with Gasteiger partial charge in [-0.1, -0.05) is 49.3 Å². The van der Waals surface area contributed by atoms with Crippen molar-refractivity contribution < 1.29 is 9.72 Å². The Morgan fingerprint density at radius 3 is 2.71 bits per heavy atom. The number of hydrogen-bond acceptors (Lipinski definition) is 5. The molecule has 0 atom stereocenters. The summed E-state index contributed by atoms with van der Waals surface area (Å²) in [6.07, 6.45) is 9.14. The van der Waals surface area contributed by atoms with Crippen LogP contribution in [0.2, 0.25) is 0 Å². The van der Waals surface area contributed by atoms with E-state index in [9.17, 15) is 14.9 Å². The molecule has 2 aromatic rings. The highest BCUT2D eigenvalue weighted by molar-refractivity contribution is 8.26. The molecule has 2 heterocycles. The second kappa shape index (κ2) is 7.89. The van der Waals surface area contributed by atoms with Gasteiger partial charge in [-0.3, -0.25) is 19.8 Å². The lowest BCUT2D eigenvalue weighted by Crippen LogP contribution is -2.39. The van der Waals surface area contributed by atoms with E-state index in [1.165, 1.54) is 30.3 Å². The first-order valence-corrected chi connectivity index (χ1v) is 10.5. The van der Waals surface area contributed by atoms with Gasteiger partial charge < -0.3 is 4.57 Å². The first-order chi connectivity index (χ1) is 13.5. The van der Waals surface area contributed by atoms with Gasteiger partial charge in [0.1, 0.15) is 4.32 Å². The number of thiocarbonyl (C=S) groups is 1. The molecule has 0 N–H and O–H groups in total. The number of aromatic nitrogens is 1. The van der Waals surface area contributed by atoms with Gasteiger partial charge in [-0.05, 0) is 37.1 Å². The van der Waals surface area contributed by atoms with Crippen LogP contribution in [-0.4, -0.2) is 30.7 Å². The second-order valence-electron chi connectivity index (χ2n) is 6.92. The van der Waals surface area contributed by atoms with Crippen LogP contribution in [0.1, 0.15) is 37.8 Å². The molecule has 6 nitrogen and oxygen atoms in total. The summed E-state index contributed by atoms with van der Waals surface area (Å²) >= 11 is 6.82. The summed E-state index contributed by atoms with van der Waals surface area (Å²) in [7, 11) is 0. The van der Waals surface area contributed by atoms with Gasteiger partial charge in [0.2, 0.25) is 0 Å². The fraction of sp³-hybridized carbons (Fsp3) is 0.300. The number of non-ortho nitro benzene ring substituents is 1. The molecule has 0 unspecified atom stereocenters. The standard InChI is InChI=1S/C20H19N3O3S2/c24-19-18(28-20(27)22(19)14-6-2-1-3-7-14)13-16-10-5-11-21(16)15-8-4-9-17(12-15)23(25)26/h4-5,8-14H,1-3,6-7H2/b18-13+. The maximum Gasteiger partial charge on any atom is 0.271 e. The van der Waals surface area contributed by atoms with Gasteiger partial charge in [-0.2, -0.15) is 0 Å². The number of carbonyl (C=O) groups is 1. The number of rotatable bonds is 4. The van der Waals surface area contributed by atoms with Crippen LogP contribution in [0.15, 0.2) is 47.5 Å². The number of carbonyl (C=O) groups excluding carboxylic acids is 1. The van der Waals surface area contributed by atoms with Gasteiger partial charge in [0.25, 0.3) is 11.6 Å². The molecule has 1 aromatic heterocycles. The van der Waals surface area contributed by atoms with E-state index in [0.29, 0.717) is 14.9 Å². The van der Waals surface area contributed by atoms with Crippen LogP contribution in [0.5, 0.6) is 0 Å². The summed E-state index contributed by atoms with van der Waals surface area (Å²) in [4.78, 5) is 26.0. The summed E-state index contributed by atoms with van der Waals surface area (Å²) in [6.45, 7) is 0. The monoisotopic (exact) mass is 413 g/mol. The van der Waals surface area contributed by atoms with Crippen molar-refractivity contribution in [3.05, 3.63) is 63.3 Å². The molecule has 1 aromatic carbocycles. The van der Waals surface area contributed by atoms with Crippen molar-refractivity contribution in [3.8, 4) is 5.69 Å². The van der Waals surface area contributed by atoms with Crippen molar-refractivity contribution >= 4 is 46.0 Å². The van der Waals surface area contributed by atoms with Crippen LogP contribution in [-0.2, 0) is 4.79 Å². The lowest BCUT2D eigenvalue weighted by atomic mass is 9.94. The molecule has 1 aliphatic heterocycles. The number of thioether (sulfide) groups is 1. The Labute approximate surface area is 172 Å². The van der Waals surface area contributed by atoms with E-state index in [-0.39, 0.29) is 17.6 Å². The van der Waals surface area contributed by atoms with Gasteiger partial charge in [-0.25, -0.2) is 0 Å². The van der Waals surface area contributed by atoms with Crippen LogP contribution >= 0.6 is 24.0 Å². The van der Waals surface area contributed by atoms with Crippen LogP contribution in [0.4, 0.5) is 5.69 Å². The molecular weight excluding hydrogens is 394 g/mol. The molecule has 28 heavy (non-hydrogen) atoms. The van der Waals surface area contributed by atoms with E-state index in [4.69, 9.17) is 12.2 Å². The fourth-order valence-corrected chi connectivity index (χ4v) is 5.16. The Balaban J connectivity index is 1.63. The predicted molar refractivity (Wildman–Crippen MR) is 114 cm³/mol. The number of nitro groups is 1. The third-order valence-corrected chi connectivity index (χ3v) is 6.47. The molecule has 4 rings (SSSR count). The number of nitrogens with zero attached hydrogens (tertiary/aromatic N) is 3. The smallest absolute Gasteiger partial charge is 0.271 e. The van der Waals surface area contributed by atoms with E-state index >= 15 is 0 Å². The second-order valence-corrected chi connectivity index (χ2v) is 8.60. The molecule has 0 bridgehead atoms. The molecule has 0 radical (unpaired) electrons. The number of benzene rings is 1. The SMILES string of the molecule is O=C1/C(=C\c2cccn2-c2cccc([N+](=O)[O-])c2)SC(=S)N1C1CCCCC1. The van der Waals surface area contributed by atoms with E-state index in [1.807, 2.05) is 29.0 Å². The molecule has 1 saturated carbocycles. The van der Waals surface area contributed by atoms with Gasteiger partial charge in [0.15, 0.2) is 0 Å². The summed E-state index contributed by atoms with van der Waals surface area (Å²) < 4.78 is 2.46. The van der Waals surface area contributed by atoms with Crippen LogP contribution < -0.4 is 0 Å².